The Morgan fingerprint density at radius 2 is 1.12 bits per heavy atom. The number of carbonyl (C=O) groups is 2. The van der Waals surface area contributed by atoms with Crippen molar-refractivity contribution in [1.82, 2.24) is 5.32 Å². The summed E-state index contributed by atoms with van der Waals surface area (Å²) >= 11 is 0. The van der Waals surface area contributed by atoms with Crippen LogP contribution in [0.3, 0.4) is 0 Å². The van der Waals surface area contributed by atoms with E-state index in [0.717, 1.165) is 10.9 Å². The summed E-state index contributed by atoms with van der Waals surface area (Å²) in [6, 6.07) is 36.4. The fourth-order valence-electron chi connectivity index (χ4n) is 3.65. The van der Waals surface area contributed by atoms with E-state index in [4.69, 9.17) is 0 Å². The van der Waals surface area contributed by atoms with Crippen LogP contribution in [0.15, 0.2) is 115 Å². The Hall–Kier alpha value is -3.75. The summed E-state index contributed by atoms with van der Waals surface area (Å²) in [5.41, 5.74) is 1.30. The van der Waals surface area contributed by atoms with Crippen molar-refractivity contribution in [2.75, 3.05) is 0 Å². The van der Waals surface area contributed by atoms with Gasteiger partial charge in [0.05, 0.1) is 0 Å². The molecule has 4 nitrogen and oxygen atoms in total. The van der Waals surface area contributed by atoms with Gasteiger partial charge in [0.25, 0.3) is 5.91 Å². The summed E-state index contributed by atoms with van der Waals surface area (Å²) in [6.07, 6.45) is 0.229. The first-order valence-electron chi connectivity index (χ1n) is 10.7. The van der Waals surface area contributed by atoms with Gasteiger partial charge >= 0.3 is 5.97 Å². The Labute approximate surface area is 194 Å². The first-order valence-corrected chi connectivity index (χ1v) is 12.0. The molecule has 33 heavy (non-hydrogen) atoms. The van der Waals surface area contributed by atoms with E-state index in [1.54, 1.807) is 12.1 Å². The maximum atomic E-state index is 12.8. The molecule has 4 aromatic carbocycles. The van der Waals surface area contributed by atoms with Gasteiger partial charge in [-0.25, -0.2) is 4.79 Å². The van der Waals surface area contributed by atoms with Gasteiger partial charge < -0.3 is 10.4 Å². The second-order valence-corrected chi connectivity index (χ2v) is 9.83. The highest BCUT2D eigenvalue weighted by molar-refractivity contribution is 7.79. The Morgan fingerprint density at radius 1 is 0.667 bits per heavy atom. The van der Waals surface area contributed by atoms with Gasteiger partial charge in [0.15, 0.2) is 0 Å². The molecule has 0 aliphatic heterocycles. The van der Waals surface area contributed by atoms with Crippen molar-refractivity contribution >= 4 is 35.7 Å². The van der Waals surface area contributed by atoms with Gasteiger partial charge in [0, 0.05) is 12.0 Å². The van der Waals surface area contributed by atoms with Crippen molar-refractivity contribution < 1.29 is 14.7 Å². The molecule has 0 unspecified atom stereocenters. The highest BCUT2D eigenvalue weighted by Gasteiger charge is 2.22. The van der Waals surface area contributed by atoms with Gasteiger partial charge in [0.2, 0.25) is 0 Å². The Kier molecular flexibility index (Phi) is 7.29. The molecule has 0 heterocycles. The van der Waals surface area contributed by atoms with Crippen LogP contribution in [0, 0.1) is 0 Å². The van der Waals surface area contributed by atoms with Crippen molar-refractivity contribution in [3.8, 4) is 0 Å². The number of amides is 1. The molecule has 0 fully saturated rings. The molecule has 5 heteroatoms. The van der Waals surface area contributed by atoms with Gasteiger partial charge in [-0.05, 0) is 41.5 Å². The van der Waals surface area contributed by atoms with Crippen molar-refractivity contribution in [3.63, 3.8) is 0 Å². The van der Waals surface area contributed by atoms with Gasteiger partial charge in [-0.2, -0.15) is 0 Å². The lowest BCUT2D eigenvalue weighted by Gasteiger charge is -2.20. The summed E-state index contributed by atoms with van der Waals surface area (Å²) in [5, 5.41) is 15.8. The SMILES string of the molecule is O=C(N[C@@H](Cc1ccccc1)C(=O)O)c1ccc(P(c2ccccc2)c2ccccc2)cc1. The molecule has 1 amide bonds. The number of nitrogens with one attached hydrogen (secondary N) is 1. The van der Waals surface area contributed by atoms with Gasteiger partial charge in [-0.1, -0.05) is 103 Å². The van der Waals surface area contributed by atoms with E-state index in [0.29, 0.717) is 5.56 Å². The van der Waals surface area contributed by atoms with Crippen molar-refractivity contribution in [2.45, 2.75) is 12.5 Å². The van der Waals surface area contributed by atoms with E-state index in [2.05, 4.69) is 29.6 Å². The highest BCUT2D eigenvalue weighted by atomic mass is 31.1. The number of rotatable bonds is 8. The molecule has 4 aromatic rings. The second kappa shape index (κ2) is 10.7. The highest BCUT2D eigenvalue weighted by Crippen LogP contribution is 2.32. The summed E-state index contributed by atoms with van der Waals surface area (Å²) in [6.45, 7) is 0. The molecular weight excluding hydrogens is 429 g/mol. The molecule has 0 saturated heterocycles. The third-order valence-electron chi connectivity index (χ3n) is 5.30. The number of aliphatic carboxylic acids is 1. The predicted octanol–water partition coefficient (Wildman–Crippen LogP) is 3.87. The van der Waals surface area contributed by atoms with Crippen LogP contribution in [0.1, 0.15) is 15.9 Å². The predicted molar refractivity (Wildman–Crippen MR) is 134 cm³/mol. The Morgan fingerprint density at radius 3 is 1.61 bits per heavy atom. The Bertz CT molecular complexity index is 1160. The minimum Gasteiger partial charge on any atom is -0.480 e. The summed E-state index contributed by atoms with van der Waals surface area (Å²) in [5.74, 6) is -1.45. The third kappa shape index (κ3) is 5.74. The van der Waals surface area contributed by atoms with Crippen LogP contribution < -0.4 is 21.2 Å². The van der Waals surface area contributed by atoms with Gasteiger partial charge in [-0.15, -0.1) is 0 Å². The minimum absolute atomic E-state index is 0.229. The van der Waals surface area contributed by atoms with Crippen molar-refractivity contribution in [2.24, 2.45) is 0 Å². The third-order valence-corrected chi connectivity index (χ3v) is 7.75. The van der Waals surface area contributed by atoms with Gasteiger partial charge in [0.1, 0.15) is 6.04 Å². The zero-order valence-electron chi connectivity index (χ0n) is 18.0. The van der Waals surface area contributed by atoms with Crippen LogP contribution in [0.25, 0.3) is 0 Å². The van der Waals surface area contributed by atoms with E-state index < -0.39 is 25.8 Å². The summed E-state index contributed by atoms with van der Waals surface area (Å²) in [7, 11) is -0.764. The average Bonchev–Trinajstić information content (AvgIpc) is 2.86. The lowest BCUT2D eigenvalue weighted by molar-refractivity contribution is -0.139. The molecule has 0 aromatic heterocycles. The maximum absolute atomic E-state index is 12.8. The molecule has 0 aliphatic rings. The zero-order chi connectivity index (χ0) is 23.0. The molecule has 0 radical (unpaired) electrons. The molecule has 0 bridgehead atoms. The van der Waals surface area contributed by atoms with Crippen LogP contribution in [-0.4, -0.2) is 23.0 Å². The normalized spacial score (nSPS) is 11.7. The summed E-state index contributed by atoms with van der Waals surface area (Å²) < 4.78 is 0. The standard InChI is InChI=1S/C28H24NO3P/c30-27(29-26(28(31)32)20-21-10-4-1-5-11-21)22-16-18-25(19-17-22)33(23-12-6-2-7-13-23)24-14-8-3-9-15-24/h1-19,26H,20H2,(H,29,30)(H,31,32)/t26-/m0/s1. The number of hydrogen-bond donors (Lipinski definition) is 2. The fraction of sp³-hybridized carbons (Fsp3) is 0.0714. The smallest absolute Gasteiger partial charge is 0.326 e. The molecule has 4 rings (SSSR count). The molecule has 0 aliphatic carbocycles. The number of carbonyl (C=O) groups excluding carboxylic acids is 1. The molecule has 1 atom stereocenters. The van der Waals surface area contributed by atoms with Crippen molar-refractivity contribution in [3.05, 3.63) is 126 Å². The molecule has 0 saturated carbocycles. The average molecular weight is 453 g/mol. The number of carboxylic acid groups (broad SMARTS) is 1. The van der Waals surface area contributed by atoms with E-state index >= 15 is 0 Å². The minimum atomic E-state index is -1.06. The van der Waals surface area contributed by atoms with Crippen LogP contribution in [0.4, 0.5) is 0 Å². The summed E-state index contributed by atoms with van der Waals surface area (Å²) in [4.78, 5) is 24.5. The van der Waals surface area contributed by atoms with E-state index in [9.17, 15) is 14.7 Å². The maximum Gasteiger partial charge on any atom is 0.326 e. The number of carboxylic acids is 1. The molecule has 0 spiro atoms. The first kappa shape index (κ1) is 22.4. The fourth-order valence-corrected chi connectivity index (χ4v) is 5.94. The van der Waals surface area contributed by atoms with Gasteiger partial charge in [-0.3, -0.25) is 4.79 Å². The largest absolute Gasteiger partial charge is 0.480 e. The molecule has 2 N–H and O–H groups in total. The van der Waals surface area contributed by atoms with E-state index in [1.165, 1.54) is 10.6 Å². The molecule has 164 valence electrons. The van der Waals surface area contributed by atoms with Crippen LogP contribution in [0.2, 0.25) is 0 Å². The first-order chi connectivity index (χ1) is 16.1. The van der Waals surface area contributed by atoms with Crippen molar-refractivity contribution in [1.29, 1.82) is 0 Å². The van der Waals surface area contributed by atoms with Crippen LogP contribution >= 0.6 is 7.92 Å². The lowest BCUT2D eigenvalue weighted by atomic mass is 10.1. The topological polar surface area (TPSA) is 66.4 Å². The Balaban J connectivity index is 1.55. The van der Waals surface area contributed by atoms with Crippen LogP contribution in [-0.2, 0) is 11.2 Å². The number of hydrogen-bond acceptors (Lipinski definition) is 2. The molecular formula is C28H24NO3P. The zero-order valence-corrected chi connectivity index (χ0v) is 18.9. The van der Waals surface area contributed by atoms with E-state index in [-0.39, 0.29) is 6.42 Å². The lowest BCUT2D eigenvalue weighted by Crippen LogP contribution is -2.42. The monoisotopic (exact) mass is 453 g/mol. The van der Waals surface area contributed by atoms with E-state index in [1.807, 2.05) is 78.9 Å². The second-order valence-electron chi connectivity index (χ2n) is 7.61. The number of benzene rings is 4. The quantitative estimate of drug-likeness (QED) is 0.398. The van der Waals surface area contributed by atoms with Crippen LogP contribution in [0.5, 0.6) is 0 Å².